The van der Waals surface area contributed by atoms with Crippen molar-refractivity contribution in [1.82, 2.24) is 4.72 Å². The number of nitrogen functional groups attached to an aromatic ring is 1. The predicted molar refractivity (Wildman–Crippen MR) is 76.7 cm³/mol. The Labute approximate surface area is 115 Å². The topological polar surface area (TPSA) is 81.4 Å². The Morgan fingerprint density at radius 1 is 1.37 bits per heavy atom. The summed E-state index contributed by atoms with van der Waals surface area (Å²) >= 11 is 0. The molecule has 108 valence electrons. The molecule has 5 nitrogen and oxygen atoms in total. The number of benzene rings is 1. The first kappa shape index (κ1) is 15.8. The number of anilines is 1. The van der Waals surface area contributed by atoms with Crippen molar-refractivity contribution < 1.29 is 13.2 Å². The highest BCUT2D eigenvalue weighted by Crippen LogP contribution is 2.25. The highest BCUT2D eigenvalue weighted by Gasteiger charge is 2.14. The van der Waals surface area contributed by atoms with E-state index < -0.39 is 10.0 Å². The molecular weight excluding hydrogens is 264 g/mol. The maximum absolute atomic E-state index is 11.9. The second-order valence-electron chi connectivity index (χ2n) is 4.73. The number of hydrogen-bond donors (Lipinski definition) is 2. The maximum Gasteiger partial charge on any atom is 0.240 e. The van der Waals surface area contributed by atoms with Gasteiger partial charge in [-0.25, -0.2) is 13.1 Å². The third-order valence-electron chi connectivity index (χ3n) is 2.58. The molecule has 0 bridgehead atoms. The zero-order valence-electron chi connectivity index (χ0n) is 11.6. The van der Waals surface area contributed by atoms with E-state index in [4.69, 9.17) is 10.5 Å². The number of ether oxygens (including phenoxy) is 1. The van der Waals surface area contributed by atoms with Crippen molar-refractivity contribution in [3.63, 3.8) is 0 Å². The van der Waals surface area contributed by atoms with Crippen LogP contribution in [0.1, 0.15) is 27.2 Å². The summed E-state index contributed by atoms with van der Waals surface area (Å²) in [7, 11) is -3.48. The minimum absolute atomic E-state index is 0.170. The molecule has 0 heterocycles. The third-order valence-corrected chi connectivity index (χ3v) is 4.13. The van der Waals surface area contributed by atoms with Crippen LogP contribution in [0.5, 0.6) is 5.75 Å². The molecule has 1 aromatic rings. The average Bonchev–Trinajstić information content (AvgIpc) is 2.30. The van der Waals surface area contributed by atoms with Gasteiger partial charge in [0.25, 0.3) is 0 Å². The monoisotopic (exact) mass is 286 g/mol. The van der Waals surface area contributed by atoms with E-state index in [-0.39, 0.29) is 4.90 Å². The zero-order chi connectivity index (χ0) is 14.5. The van der Waals surface area contributed by atoms with Gasteiger partial charge in [-0.2, -0.15) is 0 Å². The molecule has 0 aromatic heterocycles. The van der Waals surface area contributed by atoms with E-state index in [2.05, 4.69) is 18.6 Å². The second kappa shape index (κ2) is 6.77. The van der Waals surface area contributed by atoms with Gasteiger partial charge in [0.1, 0.15) is 5.75 Å². The lowest BCUT2D eigenvalue weighted by Crippen LogP contribution is -2.23. The van der Waals surface area contributed by atoms with Crippen molar-refractivity contribution in [1.29, 1.82) is 0 Å². The molecule has 0 atom stereocenters. The van der Waals surface area contributed by atoms with Crippen LogP contribution in [0.15, 0.2) is 23.1 Å². The molecule has 1 aromatic carbocycles. The normalized spacial score (nSPS) is 11.8. The van der Waals surface area contributed by atoms with Gasteiger partial charge in [0.2, 0.25) is 10.0 Å². The van der Waals surface area contributed by atoms with Gasteiger partial charge in [-0.05, 0) is 24.5 Å². The predicted octanol–water partition coefficient (Wildman–Crippen LogP) is 1.99. The van der Waals surface area contributed by atoms with Crippen LogP contribution in [0.2, 0.25) is 0 Å². The summed E-state index contributed by atoms with van der Waals surface area (Å²) in [5.74, 6) is 0.939. The summed E-state index contributed by atoms with van der Waals surface area (Å²) in [4.78, 5) is 0.170. The van der Waals surface area contributed by atoms with Crippen LogP contribution in [-0.4, -0.2) is 21.6 Å². The van der Waals surface area contributed by atoms with Crippen molar-refractivity contribution in [2.24, 2.45) is 5.92 Å². The Morgan fingerprint density at radius 3 is 2.63 bits per heavy atom. The fraction of sp³-hybridized carbons (Fsp3) is 0.538. The van der Waals surface area contributed by atoms with Crippen molar-refractivity contribution in [2.45, 2.75) is 32.1 Å². The average molecular weight is 286 g/mol. The Balaban J connectivity index is 2.88. The Morgan fingerprint density at radius 2 is 2.05 bits per heavy atom. The van der Waals surface area contributed by atoms with Gasteiger partial charge in [0.05, 0.1) is 17.2 Å². The van der Waals surface area contributed by atoms with Crippen LogP contribution < -0.4 is 15.2 Å². The molecule has 0 spiro atoms. The lowest BCUT2D eigenvalue weighted by molar-refractivity contribution is 0.290. The summed E-state index contributed by atoms with van der Waals surface area (Å²) in [6.07, 6.45) is 0.892. The number of nitrogens with one attached hydrogen (secondary N) is 1. The number of rotatable bonds is 7. The largest absolute Gasteiger partial charge is 0.491 e. The minimum Gasteiger partial charge on any atom is -0.491 e. The van der Waals surface area contributed by atoms with E-state index >= 15 is 0 Å². The van der Waals surface area contributed by atoms with E-state index in [0.29, 0.717) is 30.5 Å². The smallest absolute Gasteiger partial charge is 0.240 e. The molecule has 19 heavy (non-hydrogen) atoms. The van der Waals surface area contributed by atoms with E-state index in [1.807, 2.05) is 0 Å². The Kier molecular flexibility index (Phi) is 5.62. The lowest BCUT2D eigenvalue weighted by atomic mass is 10.1. The van der Waals surface area contributed by atoms with Crippen LogP contribution in [0.3, 0.4) is 0 Å². The molecule has 3 N–H and O–H groups in total. The SMILES string of the molecule is CCNS(=O)(=O)c1ccc(N)c(OCCC(C)C)c1. The highest BCUT2D eigenvalue weighted by atomic mass is 32.2. The molecule has 0 aliphatic rings. The van der Waals surface area contributed by atoms with Gasteiger partial charge >= 0.3 is 0 Å². The van der Waals surface area contributed by atoms with Gasteiger partial charge in [-0.15, -0.1) is 0 Å². The van der Waals surface area contributed by atoms with E-state index in [9.17, 15) is 8.42 Å². The highest BCUT2D eigenvalue weighted by molar-refractivity contribution is 7.89. The molecule has 0 amide bonds. The molecule has 0 fully saturated rings. The summed E-state index contributed by atoms with van der Waals surface area (Å²) in [5, 5.41) is 0. The fourth-order valence-corrected chi connectivity index (χ4v) is 2.54. The summed E-state index contributed by atoms with van der Waals surface area (Å²) < 4.78 is 31.7. The molecule has 6 heteroatoms. The van der Waals surface area contributed by atoms with Crippen molar-refractivity contribution >= 4 is 15.7 Å². The Bertz CT molecular complexity index is 513. The first-order chi connectivity index (χ1) is 8.86. The maximum atomic E-state index is 11.9. The van der Waals surface area contributed by atoms with Gasteiger partial charge < -0.3 is 10.5 Å². The lowest BCUT2D eigenvalue weighted by Gasteiger charge is -2.12. The Hall–Kier alpha value is -1.27. The van der Waals surface area contributed by atoms with Crippen LogP contribution in [0.25, 0.3) is 0 Å². The van der Waals surface area contributed by atoms with Crippen molar-refractivity contribution in [2.75, 3.05) is 18.9 Å². The van der Waals surface area contributed by atoms with E-state index in [1.165, 1.54) is 12.1 Å². The minimum atomic E-state index is -3.48. The molecule has 0 aliphatic carbocycles. The summed E-state index contributed by atoms with van der Waals surface area (Å²) in [5.41, 5.74) is 6.23. The van der Waals surface area contributed by atoms with Crippen LogP contribution in [-0.2, 0) is 10.0 Å². The third kappa shape index (κ3) is 4.72. The van der Waals surface area contributed by atoms with Crippen LogP contribution in [0, 0.1) is 5.92 Å². The first-order valence-corrected chi connectivity index (χ1v) is 7.87. The molecule has 0 saturated carbocycles. The van der Waals surface area contributed by atoms with Crippen LogP contribution >= 0.6 is 0 Å². The van der Waals surface area contributed by atoms with Gasteiger partial charge in [0, 0.05) is 12.6 Å². The number of sulfonamides is 1. The van der Waals surface area contributed by atoms with E-state index in [1.54, 1.807) is 13.0 Å². The quantitative estimate of drug-likeness (QED) is 0.751. The number of nitrogens with two attached hydrogens (primary N) is 1. The van der Waals surface area contributed by atoms with Gasteiger partial charge in [-0.3, -0.25) is 0 Å². The van der Waals surface area contributed by atoms with Crippen molar-refractivity contribution in [3.05, 3.63) is 18.2 Å². The molecule has 0 aliphatic heterocycles. The number of hydrogen-bond acceptors (Lipinski definition) is 4. The molecule has 0 unspecified atom stereocenters. The summed E-state index contributed by atoms with van der Waals surface area (Å²) in [6, 6.07) is 4.49. The summed E-state index contributed by atoms with van der Waals surface area (Å²) in [6.45, 7) is 6.79. The van der Waals surface area contributed by atoms with E-state index in [0.717, 1.165) is 6.42 Å². The van der Waals surface area contributed by atoms with Gasteiger partial charge in [-0.1, -0.05) is 20.8 Å². The van der Waals surface area contributed by atoms with Crippen molar-refractivity contribution in [3.8, 4) is 5.75 Å². The molecular formula is C13H22N2O3S. The van der Waals surface area contributed by atoms with Gasteiger partial charge in [0.15, 0.2) is 0 Å². The fourth-order valence-electron chi connectivity index (χ4n) is 1.48. The first-order valence-electron chi connectivity index (χ1n) is 6.38. The standard InChI is InChI=1S/C13H22N2O3S/c1-4-15-19(16,17)11-5-6-12(14)13(9-11)18-8-7-10(2)3/h5-6,9-10,15H,4,7-8,14H2,1-3H3. The molecule has 1 rings (SSSR count). The molecule has 0 saturated heterocycles. The molecule has 0 radical (unpaired) electrons. The second-order valence-corrected chi connectivity index (χ2v) is 6.50. The van der Waals surface area contributed by atoms with Crippen LogP contribution in [0.4, 0.5) is 5.69 Å². The zero-order valence-corrected chi connectivity index (χ0v) is 12.5.